The van der Waals surface area contributed by atoms with Crippen LogP contribution in [-0.2, 0) is 4.79 Å². The molecular formula is C16H23NO2. The van der Waals surface area contributed by atoms with Crippen molar-refractivity contribution in [3.8, 4) is 0 Å². The molecule has 0 unspecified atom stereocenters. The fourth-order valence-electron chi connectivity index (χ4n) is 2.88. The molecule has 1 N–H and O–H groups in total. The van der Waals surface area contributed by atoms with E-state index in [1.165, 1.54) is 31.2 Å². The standard InChI is InChI=1S/C16H23NO2/c1-13-8-10-15(11-9-13)17(12-16(18)19)14-6-4-2-3-5-7-14/h8-11,14H,2-7,12H2,1H3,(H,18,19). The van der Waals surface area contributed by atoms with Crippen LogP contribution >= 0.6 is 0 Å². The lowest BCUT2D eigenvalue weighted by Gasteiger charge is -2.32. The minimum atomic E-state index is -0.746. The van der Waals surface area contributed by atoms with Gasteiger partial charge in [-0.3, -0.25) is 4.79 Å². The van der Waals surface area contributed by atoms with Gasteiger partial charge in [-0.15, -0.1) is 0 Å². The van der Waals surface area contributed by atoms with Gasteiger partial charge in [0.2, 0.25) is 0 Å². The van der Waals surface area contributed by atoms with Crippen molar-refractivity contribution in [1.82, 2.24) is 0 Å². The number of aliphatic carboxylic acids is 1. The first-order valence-electron chi connectivity index (χ1n) is 7.22. The molecule has 0 amide bonds. The minimum absolute atomic E-state index is 0.105. The zero-order valence-corrected chi connectivity index (χ0v) is 11.6. The first-order valence-corrected chi connectivity index (χ1v) is 7.22. The maximum Gasteiger partial charge on any atom is 0.323 e. The molecule has 3 nitrogen and oxygen atoms in total. The minimum Gasteiger partial charge on any atom is -0.480 e. The Labute approximate surface area is 115 Å². The van der Waals surface area contributed by atoms with Crippen LogP contribution in [0.1, 0.15) is 44.1 Å². The van der Waals surface area contributed by atoms with Gasteiger partial charge in [-0.25, -0.2) is 0 Å². The van der Waals surface area contributed by atoms with Gasteiger partial charge in [0.05, 0.1) is 0 Å². The lowest BCUT2D eigenvalue weighted by atomic mass is 10.1. The monoisotopic (exact) mass is 261 g/mol. The largest absolute Gasteiger partial charge is 0.480 e. The lowest BCUT2D eigenvalue weighted by molar-refractivity contribution is -0.135. The van der Waals surface area contributed by atoms with Crippen molar-refractivity contribution >= 4 is 11.7 Å². The summed E-state index contributed by atoms with van der Waals surface area (Å²) in [7, 11) is 0. The van der Waals surface area contributed by atoms with E-state index in [1.54, 1.807) is 0 Å². The van der Waals surface area contributed by atoms with Gasteiger partial charge in [-0.05, 0) is 31.9 Å². The second-order valence-corrected chi connectivity index (χ2v) is 5.50. The maximum absolute atomic E-state index is 11.1. The molecule has 1 aromatic carbocycles. The molecule has 0 spiro atoms. The third kappa shape index (κ3) is 3.98. The van der Waals surface area contributed by atoms with E-state index in [4.69, 9.17) is 5.11 Å². The van der Waals surface area contributed by atoms with Crippen LogP contribution in [0.2, 0.25) is 0 Å². The van der Waals surface area contributed by atoms with Crippen LogP contribution < -0.4 is 4.90 Å². The second kappa shape index (κ2) is 6.60. The van der Waals surface area contributed by atoms with Gasteiger partial charge in [0, 0.05) is 11.7 Å². The summed E-state index contributed by atoms with van der Waals surface area (Å²) in [5.41, 5.74) is 2.25. The van der Waals surface area contributed by atoms with E-state index in [9.17, 15) is 4.79 Å². The number of carboxylic acids is 1. The zero-order valence-electron chi connectivity index (χ0n) is 11.6. The highest BCUT2D eigenvalue weighted by Crippen LogP contribution is 2.26. The van der Waals surface area contributed by atoms with Crippen molar-refractivity contribution in [1.29, 1.82) is 0 Å². The number of hydrogen-bond donors (Lipinski definition) is 1. The average Bonchev–Trinajstić information content (AvgIpc) is 2.65. The van der Waals surface area contributed by atoms with Gasteiger partial charge < -0.3 is 10.0 Å². The molecule has 0 radical (unpaired) electrons. The summed E-state index contributed by atoms with van der Waals surface area (Å²) in [5.74, 6) is -0.746. The van der Waals surface area contributed by atoms with E-state index in [2.05, 4.69) is 24.0 Å². The highest BCUT2D eigenvalue weighted by Gasteiger charge is 2.22. The quantitative estimate of drug-likeness (QED) is 0.842. The summed E-state index contributed by atoms with van der Waals surface area (Å²) >= 11 is 0. The molecule has 104 valence electrons. The van der Waals surface area contributed by atoms with E-state index >= 15 is 0 Å². The zero-order chi connectivity index (χ0) is 13.7. The van der Waals surface area contributed by atoms with Gasteiger partial charge in [0.25, 0.3) is 0 Å². The number of benzene rings is 1. The highest BCUT2D eigenvalue weighted by atomic mass is 16.4. The fourth-order valence-corrected chi connectivity index (χ4v) is 2.88. The number of hydrogen-bond acceptors (Lipinski definition) is 2. The van der Waals surface area contributed by atoms with Gasteiger partial charge in [-0.1, -0.05) is 43.4 Å². The Morgan fingerprint density at radius 2 is 1.74 bits per heavy atom. The first-order chi connectivity index (χ1) is 9.16. The van der Waals surface area contributed by atoms with Gasteiger partial charge >= 0.3 is 5.97 Å². The third-order valence-corrected chi connectivity index (χ3v) is 3.94. The van der Waals surface area contributed by atoms with Crippen LogP contribution in [0.5, 0.6) is 0 Å². The number of nitrogens with zero attached hydrogens (tertiary/aromatic N) is 1. The summed E-state index contributed by atoms with van der Waals surface area (Å²) < 4.78 is 0. The summed E-state index contributed by atoms with van der Waals surface area (Å²) in [6, 6.07) is 8.58. The molecule has 0 aromatic heterocycles. The van der Waals surface area contributed by atoms with Gasteiger partial charge in [-0.2, -0.15) is 0 Å². The molecular weight excluding hydrogens is 238 g/mol. The van der Waals surface area contributed by atoms with E-state index in [0.717, 1.165) is 18.5 Å². The molecule has 1 saturated carbocycles. The van der Waals surface area contributed by atoms with Crippen LogP contribution in [-0.4, -0.2) is 23.7 Å². The van der Waals surface area contributed by atoms with Crippen LogP contribution in [0.25, 0.3) is 0 Å². The number of anilines is 1. The molecule has 19 heavy (non-hydrogen) atoms. The van der Waals surface area contributed by atoms with Crippen molar-refractivity contribution in [2.75, 3.05) is 11.4 Å². The molecule has 1 aliphatic carbocycles. The van der Waals surface area contributed by atoms with Crippen molar-refractivity contribution in [2.45, 2.75) is 51.5 Å². The van der Waals surface area contributed by atoms with Crippen LogP contribution in [0.15, 0.2) is 24.3 Å². The smallest absolute Gasteiger partial charge is 0.323 e. The van der Waals surface area contributed by atoms with E-state index in [-0.39, 0.29) is 6.54 Å². The SMILES string of the molecule is Cc1ccc(N(CC(=O)O)C2CCCCCC2)cc1. The molecule has 0 atom stereocenters. The molecule has 1 aliphatic rings. The van der Waals surface area contributed by atoms with E-state index in [0.29, 0.717) is 6.04 Å². The Morgan fingerprint density at radius 3 is 2.26 bits per heavy atom. The molecule has 0 heterocycles. The van der Waals surface area contributed by atoms with Crippen LogP contribution in [0, 0.1) is 6.92 Å². The summed E-state index contributed by atoms with van der Waals surface area (Å²) in [5, 5.41) is 9.16. The predicted octanol–water partition coefficient (Wildman–Crippen LogP) is 3.61. The Bertz CT molecular complexity index is 405. The third-order valence-electron chi connectivity index (χ3n) is 3.94. The molecule has 3 heteroatoms. The first kappa shape index (κ1) is 13.9. The molecule has 2 rings (SSSR count). The van der Waals surface area contributed by atoms with Crippen molar-refractivity contribution in [3.63, 3.8) is 0 Å². The summed E-state index contributed by atoms with van der Waals surface area (Å²) in [6.45, 7) is 2.16. The average molecular weight is 261 g/mol. The van der Waals surface area contributed by atoms with E-state index in [1.807, 2.05) is 12.1 Å². The number of carboxylic acid groups (broad SMARTS) is 1. The molecule has 0 aliphatic heterocycles. The summed E-state index contributed by atoms with van der Waals surface area (Å²) in [4.78, 5) is 13.2. The normalized spacial score (nSPS) is 16.9. The molecule has 1 aromatic rings. The van der Waals surface area contributed by atoms with Gasteiger partial charge in [0.1, 0.15) is 6.54 Å². The topological polar surface area (TPSA) is 40.5 Å². The fraction of sp³-hybridized carbons (Fsp3) is 0.562. The lowest BCUT2D eigenvalue weighted by Crippen LogP contribution is -2.39. The van der Waals surface area contributed by atoms with Crippen molar-refractivity contribution in [2.24, 2.45) is 0 Å². The number of rotatable bonds is 4. The molecule has 0 bridgehead atoms. The van der Waals surface area contributed by atoms with Gasteiger partial charge in [0.15, 0.2) is 0 Å². The van der Waals surface area contributed by atoms with E-state index < -0.39 is 5.97 Å². The Kier molecular flexibility index (Phi) is 4.83. The molecule has 0 saturated heterocycles. The Morgan fingerprint density at radius 1 is 1.16 bits per heavy atom. The maximum atomic E-state index is 11.1. The van der Waals surface area contributed by atoms with Crippen molar-refractivity contribution < 1.29 is 9.90 Å². The number of aryl methyl sites for hydroxylation is 1. The second-order valence-electron chi connectivity index (χ2n) is 5.50. The Hall–Kier alpha value is -1.51. The van der Waals surface area contributed by atoms with Crippen LogP contribution in [0.4, 0.5) is 5.69 Å². The predicted molar refractivity (Wildman–Crippen MR) is 77.7 cm³/mol. The van der Waals surface area contributed by atoms with Crippen LogP contribution in [0.3, 0.4) is 0 Å². The van der Waals surface area contributed by atoms with Crippen molar-refractivity contribution in [3.05, 3.63) is 29.8 Å². The summed E-state index contributed by atoms with van der Waals surface area (Å²) in [6.07, 6.45) is 7.22. The Balaban J connectivity index is 2.18. The highest BCUT2D eigenvalue weighted by molar-refractivity contribution is 5.74. The molecule has 1 fully saturated rings. The number of carbonyl (C=O) groups is 1.